The molecular weight excluding hydrogens is 142 g/mol. The van der Waals surface area contributed by atoms with Gasteiger partial charge in [0.1, 0.15) is 0 Å². The summed E-state index contributed by atoms with van der Waals surface area (Å²) in [6.07, 6.45) is 2.76. The first-order valence-corrected chi connectivity index (χ1v) is 3.55. The van der Waals surface area contributed by atoms with Gasteiger partial charge in [0.2, 0.25) is 0 Å². The van der Waals surface area contributed by atoms with Crippen molar-refractivity contribution < 1.29 is 4.84 Å². The van der Waals surface area contributed by atoms with Gasteiger partial charge >= 0.3 is 0 Å². The summed E-state index contributed by atoms with van der Waals surface area (Å²) in [6.45, 7) is 2.55. The Kier molecular flexibility index (Phi) is 2.62. The molecule has 62 valence electrons. The topological polar surface area (TPSA) is 53.1 Å². The minimum atomic E-state index is 0.526. The molecule has 1 aromatic rings. The molecule has 0 aliphatic carbocycles. The second kappa shape index (κ2) is 3.50. The van der Waals surface area contributed by atoms with Crippen molar-refractivity contribution in [2.75, 3.05) is 6.61 Å². The third-order valence-corrected chi connectivity index (χ3v) is 1.57. The van der Waals surface area contributed by atoms with E-state index in [0.717, 1.165) is 12.1 Å². The van der Waals surface area contributed by atoms with Gasteiger partial charge in [-0.25, -0.2) is 5.90 Å². The van der Waals surface area contributed by atoms with E-state index in [9.17, 15) is 0 Å². The zero-order valence-electron chi connectivity index (χ0n) is 6.87. The van der Waals surface area contributed by atoms with Crippen LogP contribution in [-0.4, -0.2) is 16.4 Å². The van der Waals surface area contributed by atoms with E-state index in [1.165, 1.54) is 5.56 Å². The molecule has 0 spiro atoms. The van der Waals surface area contributed by atoms with Crippen molar-refractivity contribution in [1.29, 1.82) is 0 Å². The van der Waals surface area contributed by atoms with E-state index in [1.807, 2.05) is 20.2 Å². The van der Waals surface area contributed by atoms with Gasteiger partial charge in [0.25, 0.3) is 0 Å². The maximum absolute atomic E-state index is 4.90. The maximum atomic E-state index is 4.90. The Bertz CT molecular complexity index is 232. The van der Waals surface area contributed by atoms with E-state index >= 15 is 0 Å². The summed E-state index contributed by atoms with van der Waals surface area (Å²) in [4.78, 5) is 4.46. The number of hydrogen-bond acceptors (Lipinski definition) is 3. The van der Waals surface area contributed by atoms with E-state index in [2.05, 4.69) is 9.94 Å². The van der Waals surface area contributed by atoms with Crippen LogP contribution >= 0.6 is 0 Å². The van der Waals surface area contributed by atoms with E-state index in [1.54, 1.807) is 4.68 Å². The molecule has 0 unspecified atom stereocenters. The van der Waals surface area contributed by atoms with Crippen LogP contribution in [0.1, 0.15) is 11.3 Å². The predicted molar refractivity (Wildman–Crippen MR) is 41.8 cm³/mol. The largest absolute Gasteiger partial charge is 0.304 e. The van der Waals surface area contributed by atoms with Crippen LogP contribution in [0.15, 0.2) is 6.20 Å². The zero-order valence-corrected chi connectivity index (χ0v) is 6.87. The average molecular weight is 155 g/mol. The summed E-state index contributed by atoms with van der Waals surface area (Å²) in [5, 5.41) is 4.23. The van der Waals surface area contributed by atoms with Crippen LogP contribution in [0.5, 0.6) is 0 Å². The highest BCUT2D eigenvalue weighted by Crippen LogP contribution is 2.04. The number of aromatic nitrogens is 2. The Morgan fingerprint density at radius 1 is 1.73 bits per heavy atom. The summed E-state index contributed by atoms with van der Waals surface area (Å²) in [5.41, 5.74) is 2.24. The quantitative estimate of drug-likeness (QED) is 0.633. The molecule has 1 heterocycles. The van der Waals surface area contributed by atoms with Gasteiger partial charge in [-0.1, -0.05) is 0 Å². The fourth-order valence-corrected chi connectivity index (χ4v) is 1.06. The molecule has 0 saturated heterocycles. The van der Waals surface area contributed by atoms with Crippen molar-refractivity contribution in [3.8, 4) is 0 Å². The van der Waals surface area contributed by atoms with Gasteiger partial charge in [-0.15, -0.1) is 0 Å². The molecule has 11 heavy (non-hydrogen) atoms. The Hall–Kier alpha value is -0.870. The van der Waals surface area contributed by atoms with Crippen LogP contribution in [0.2, 0.25) is 0 Å². The lowest BCUT2D eigenvalue weighted by Crippen LogP contribution is -2.05. The Balaban J connectivity index is 2.62. The van der Waals surface area contributed by atoms with Gasteiger partial charge in [0.05, 0.1) is 12.3 Å². The van der Waals surface area contributed by atoms with Crippen molar-refractivity contribution in [3.05, 3.63) is 17.5 Å². The summed E-state index contributed by atoms with van der Waals surface area (Å²) in [5.74, 6) is 4.90. The standard InChI is InChI=1S/C7H13N3O/c1-6-5-10(2)9-7(6)3-4-11-8/h5H,3-4,8H2,1-2H3. The van der Waals surface area contributed by atoms with Gasteiger partial charge in [0.15, 0.2) is 0 Å². The minimum absolute atomic E-state index is 0.526. The fourth-order valence-electron chi connectivity index (χ4n) is 1.06. The van der Waals surface area contributed by atoms with Crippen molar-refractivity contribution in [3.63, 3.8) is 0 Å². The number of nitrogens with two attached hydrogens (primary N) is 1. The van der Waals surface area contributed by atoms with E-state index < -0.39 is 0 Å². The van der Waals surface area contributed by atoms with Crippen molar-refractivity contribution >= 4 is 0 Å². The number of nitrogens with zero attached hydrogens (tertiary/aromatic N) is 2. The summed E-state index contributed by atoms with van der Waals surface area (Å²) < 4.78 is 1.79. The van der Waals surface area contributed by atoms with Crippen LogP contribution in [0.25, 0.3) is 0 Å². The van der Waals surface area contributed by atoms with E-state index in [-0.39, 0.29) is 0 Å². The Morgan fingerprint density at radius 2 is 2.45 bits per heavy atom. The smallest absolute Gasteiger partial charge is 0.0735 e. The lowest BCUT2D eigenvalue weighted by molar-refractivity contribution is 0.140. The van der Waals surface area contributed by atoms with E-state index in [0.29, 0.717) is 6.61 Å². The van der Waals surface area contributed by atoms with Crippen LogP contribution in [0, 0.1) is 6.92 Å². The van der Waals surface area contributed by atoms with Gasteiger partial charge in [0, 0.05) is 19.7 Å². The van der Waals surface area contributed by atoms with Crippen molar-refractivity contribution in [1.82, 2.24) is 9.78 Å². The lowest BCUT2D eigenvalue weighted by Gasteiger charge is -1.94. The predicted octanol–water partition coefficient (Wildman–Crippen LogP) is 0.161. The molecule has 4 heteroatoms. The maximum Gasteiger partial charge on any atom is 0.0735 e. The molecule has 1 rings (SSSR count). The third-order valence-electron chi connectivity index (χ3n) is 1.57. The number of rotatable bonds is 3. The zero-order chi connectivity index (χ0) is 8.27. The second-order valence-corrected chi connectivity index (χ2v) is 2.55. The highest BCUT2D eigenvalue weighted by molar-refractivity contribution is 5.14. The molecule has 0 saturated carbocycles. The van der Waals surface area contributed by atoms with Crippen molar-refractivity contribution in [2.45, 2.75) is 13.3 Å². The molecule has 0 aromatic carbocycles. The SMILES string of the molecule is Cc1cn(C)nc1CCON. The van der Waals surface area contributed by atoms with Crippen LogP contribution in [0.3, 0.4) is 0 Å². The minimum Gasteiger partial charge on any atom is -0.304 e. The Morgan fingerprint density at radius 3 is 2.91 bits per heavy atom. The molecule has 1 aromatic heterocycles. The number of hydrogen-bond donors (Lipinski definition) is 1. The second-order valence-electron chi connectivity index (χ2n) is 2.55. The summed E-state index contributed by atoms with van der Waals surface area (Å²) in [6, 6.07) is 0. The molecule has 0 fully saturated rings. The van der Waals surface area contributed by atoms with E-state index in [4.69, 9.17) is 5.90 Å². The first-order chi connectivity index (χ1) is 5.24. The monoisotopic (exact) mass is 155 g/mol. The fraction of sp³-hybridized carbons (Fsp3) is 0.571. The molecule has 4 nitrogen and oxygen atoms in total. The molecule has 0 radical (unpaired) electrons. The first kappa shape index (κ1) is 8.23. The van der Waals surface area contributed by atoms with Gasteiger partial charge < -0.3 is 4.84 Å². The molecular formula is C7H13N3O. The van der Waals surface area contributed by atoms with Crippen molar-refractivity contribution in [2.24, 2.45) is 12.9 Å². The highest BCUT2D eigenvalue weighted by Gasteiger charge is 2.01. The Labute approximate surface area is 65.9 Å². The normalized spacial score (nSPS) is 10.5. The van der Waals surface area contributed by atoms with Crippen LogP contribution < -0.4 is 5.90 Å². The lowest BCUT2D eigenvalue weighted by atomic mass is 10.2. The molecule has 0 amide bonds. The number of aryl methyl sites for hydroxylation is 2. The first-order valence-electron chi connectivity index (χ1n) is 3.55. The van der Waals surface area contributed by atoms with Gasteiger partial charge in [-0.3, -0.25) is 4.68 Å². The third kappa shape index (κ3) is 2.03. The van der Waals surface area contributed by atoms with Crippen LogP contribution in [0.4, 0.5) is 0 Å². The molecule has 2 N–H and O–H groups in total. The van der Waals surface area contributed by atoms with Gasteiger partial charge in [-0.2, -0.15) is 5.10 Å². The summed E-state index contributed by atoms with van der Waals surface area (Å²) >= 11 is 0. The van der Waals surface area contributed by atoms with Gasteiger partial charge in [-0.05, 0) is 12.5 Å². The molecule has 0 aliphatic rings. The molecule has 0 atom stereocenters. The average Bonchev–Trinajstić information content (AvgIpc) is 2.26. The summed E-state index contributed by atoms with van der Waals surface area (Å²) in [7, 11) is 1.90. The van der Waals surface area contributed by atoms with Crippen LogP contribution in [-0.2, 0) is 18.3 Å². The highest BCUT2D eigenvalue weighted by atomic mass is 16.6. The molecule has 0 aliphatic heterocycles. The molecule has 0 bridgehead atoms.